The van der Waals surface area contributed by atoms with E-state index in [9.17, 15) is 4.79 Å². The first-order chi connectivity index (χ1) is 11.1. The van der Waals surface area contributed by atoms with Crippen molar-refractivity contribution >= 4 is 12.0 Å². The van der Waals surface area contributed by atoms with Gasteiger partial charge in [-0.05, 0) is 35.8 Å². The number of ether oxygens (including phenoxy) is 2. The van der Waals surface area contributed by atoms with Crippen LogP contribution in [0.5, 0.6) is 11.5 Å². The number of hydrogen-bond acceptors (Lipinski definition) is 4. The molecule has 23 heavy (non-hydrogen) atoms. The van der Waals surface area contributed by atoms with Gasteiger partial charge in [-0.15, -0.1) is 0 Å². The topological polar surface area (TPSA) is 42.0 Å². The van der Waals surface area contributed by atoms with E-state index in [-0.39, 0.29) is 5.91 Å². The zero-order valence-corrected chi connectivity index (χ0v) is 13.8. The van der Waals surface area contributed by atoms with E-state index in [1.54, 1.807) is 24.0 Å². The molecule has 2 rings (SSSR count). The lowest BCUT2D eigenvalue weighted by atomic mass is 10.0. The van der Waals surface area contributed by atoms with Crippen LogP contribution < -0.4 is 9.47 Å². The highest BCUT2D eigenvalue weighted by Gasteiger charge is 2.19. The van der Waals surface area contributed by atoms with Gasteiger partial charge >= 0.3 is 0 Å². The quantitative estimate of drug-likeness (QED) is 0.595. The maximum Gasteiger partial charge on any atom is 0.230 e. The molecule has 0 unspecified atom stereocenters. The zero-order chi connectivity index (χ0) is 16.8. The highest BCUT2D eigenvalue weighted by atomic mass is 16.5. The van der Waals surface area contributed by atoms with Gasteiger partial charge in [-0.3, -0.25) is 4.79 Å². The number of carbonyl (C=O) groups is 1. The van der Waals surface area contributed by atoms with Crippen LogP contribution in [0.1, 0.15) is 17.5 Å². The highest BCUT2D eigenvalue weighted by Crippen LogP contribution is 2.32. The minimum atomic E-state index is 0.0654. The Morgan fingerprint density at radius 3 is 2.65 bits per heavy atom. The van der Waals surface area contributed by atoms with Crippen LogP contribution in [-0.2, 0) is 11.2 Å². The van der Waals surface area contributed by atoms with Gasteiger partial charge in [0.15, 0.2) is 11.5 Å². The van der Waals surface area contributed by atoms with Crippen LogP contribution in [0.15, 0.2) is 18.3 Å². The lowest BCUT2D eigenvalue weighted by Crippen LogP contribution is -2.29. The third-order valence-corrected chi connectivity index (χ3v) is 3.85. The molecule has 0 N–H and O–H groups in total. The van der Waals surface area contributed by atoms with E-state index < -0.39 is 0 Å². The van der Waals surface area contributed by atoms with Gasteiger partial charge in [-0.25, -0.2) is 0 Å². The Morgan fingerprint density at radius 1 is 1.30 bits per heavy atom. The van der Waals surface area contributed by atoms with Crippen molar-refractivity contribution in [2.75, 3.05) is 34.4 Å². The summed E-state index contributed by atoms with van der Waals surface area (Å²) in [4.78, 5) is 15.9. The van der Waals surface area contributed by atoms with E-state index in [1.165, 1.54) is 0 Å². The molecule has 0 saturated heterocycles. The van der Waals surface area contributed by atoms with Crippen LogP contribution in [-0.4, -0.2) is 50.1 Å². The molecule has 0 spiro atoms. The molecule has 0 radical (unpaired) electrons. The van der Waals surface area contributed by atoms with E-state index in [0.29, 0.717) is 24.5 Å². The molecule has 0 aromatic heterocycles. The second kappa shape index (κ2) is 7.59. The van der Waals surface area contributed by atoms with E-state index in [1.807, 2.05) is 31.5 Å². The zero-order valence-electron chi connectivity index (χ0n) is 13.8. The Balaban J connectivity index is 2.13. The van der Waals surface area contributed by atoms with Gasteiger partial charge < -0.3 is 19.3 Å². The molecule has 1 heterocycles. The lowest BCUT2D eigenvalue weighted by Gasteiger charge is -2.18. The van der Waals surface area contributed by atoms with Crippen molar-refractivity contribution in [3.8, 4) is 24.0 Å². The summed E-state index contributed by atoms with van der Waals surface area (Å²) in [5.74, 6) is 1.36. The predicted molar refractivity (Wildman–Crippen MR) is 90.1 cm³/mol. The Kier molecular flexibility index (Phi) is 5.53. The van der Waals surface area contributed by atoms with Gasteiger partial charge in [0, 0.05) is 32.4 Å². The molecular weight excluding hydrogens is 292 g/mol. The minimum absolute atomic E-state index is 0.0654. The van der Waals surface area contributed by atoms with Crippen LogP contribution in [0.25, 0.3) is 6.08 Å². The minimum Gasteiger partial charge on any atom is -0.493 e. The Hall–Kier alpha value is -2.61. The first kappa shape index (κ1) is 16.8. The fourth-order valence-corrected chi connectivity index (χ4v) is 2.50. The lowest BCUT2D eigenvalue weighted by molar-refractivity contribution is -0.127. The summed E-state index contributed by atoms with van der Waals surface area (Å²) >= 11 is 0. The summed E-state index contributed by atoms with van der Waals surface area (Å²) in [5.41, 5.74) is 1.91. The molecule has 122 valence electrons. The van der Waals surface area contributed by atoms with Gasteiger partial charge in [0.05, 0.1) is 20.6 Å². The van der Waals surface area contributed by atoms with Crippen molar-refractivity contribution in [3.05, 3.63) is 29.5 Å². The van der Waals surface area contributed by atoms with E-state index >= 15 is 0 Å². The van der Waals surface area contributed by atoms with Crippen molar-refractivity contribution in [1.82, 2.24) is 9.80 Å². The number of amides is 1. The summed E-state index contributed by atoms with van der Waals surface area (Å²) in [6.45, 7) is 1.40. The van der Waals surface area contributed by atoms with Crippen LogP contribution in [0.2, 0.25) is 0 Å². The summed E-state index contributed by atoms with van der Waals surface area (Å²) in [7, 11) is 5.05. The summed E-state index contributed by atoms with van der Waals surface area (Å²) in [5, 5.41) is 0. The number of nitrogens with zero attached hydrogens (tertiary/aromatic N) is 2. The molecular formula is C18H22N2O3. The van der Waals surface area contributed by atoms with Gasteiger partial charge in [0.2, 0.25) is 5.91 Å². The van der Waals surface area contributed by atoms with Crippen molar-refractivity contribution in [3.63, 3.8) is 0 Å². The molecule has 0 bridgehead atoms. The SMILES string of the molecule is C#CN(C)CCCN1C=Cc2cc(OC)c(OC)cc2CC1=O. The second-order valence-corrected chi connectivity index (χ2v) is 5.39. The molecule has 5 heteroatoms. The normalized spacial score (nSPS) is 13.1. The van der Waals surface area contributed by atoms with E-state index in [0.717, 1.165) is 24.1 Å². The number of carbonyl (C=O) groups excluding carboxylic acids is 1. The third-order valence-electron chi connectivity index (χ3n) is 3.85. The molecule has 0 aliphatic carbocycles. The second-order valence-electron chi connectivity index (χ2n) is 5.39. The van der Waals surface area contributed by atoms with Crippen molar-refractivity contribution in [2.45, 2.75) is 12.8 Å². The standard InChI is InChI=1S/C18H22N2O3/c1-5-19(2)8-6-9-20-10-7-14-11-16(22-3)17(23-4)12-15(14)13-18(20)21/h1,7,10-12H,6,8-9,13H2,2-4H3. The number of fused-ring (bicyclic) bond motifs is 1. The molecule has 5 nitrogen and oxygen atoms in total. The average molecular weight is 314 g/mol. The third kappa shape index (κ3) is 3.98. The first-order valence-corrected chi connectivity index (χ1v) is 7.49. The van der Waals surface area contributed by atoms with Gasteiger partial charge in [0.25, 0.3) is 0 Å². The van der Waals surface area contributed by atoms with Gasteiger partial charge in [0.1, 0.15) is 0 Å². The maximum atomic E-state index is 12.4. The maximum absolute atomic E-state index is 12.4. The van der Waals surface area contributed by atoms with Crippen molar-refractivity contribution < 1.29 is 14.3 Å². The number of terminal acetylenes is 1. The molecule has 1 aliphatic heterocycles. The average Bonchev–Trinajstić information content (AvgIpc) is 2.71. The number of rotatable bonds is 6. The number of methoxy groups -OCH3 is 2. The summed E-state index contributed by atoms with van der Waals surface area (Å²) < 4.78 is 10.6. The molecule has 0 saturated carbocycles. The number of benzene rings is 1. The van der Waals surface area contributed by atoms with Gasteiger partial charge in [-0.1, -0.05) is 6.42 Å². The van der Waals surface area contributed by atoms with Crippen LogP contribution in [0, 0.1) is 12.5 Å². The summed E-state index contributed by atoms with van der Waals surface area (Å²) in [6.07, 6.45) is 10.2. The molecule has 0 fully saturated rings. The Labute approximate surface area is 137 Å². The monoisotopic (exact) mass is 314 g/mol. The van der Waals surface area contributed by atoms with Crippen LogP contribution >= 0.6 is 0 Å². The van der Waals surface area contributed by atoms with Gasteiger partial charge in [-0.2, -0.15) is 0 Å². The fraction of sp³-hybridized carbons (Fsp3) is 0.389. The predicted octanol–water partition coefficient (Wildman–Crippen LogP) is 1.97. The molecule has 0 atom stereocenters. The van der Waals surface area contributed by atoms with Crippen molar-refractivity contribution in [1.29, 1.82) is 0 Å². The number of hydrogen-bond donors (Lipinski definition) is 0. The Bertz CT molecular complexity index is 646. The van der Waals surface area contributed by atoms with Crippen molar-refractivity contribution in [2.24, 2.45) is 0 Å². The Morgan fingerprint density at radius 2 is 2.00 bits per heavy atom. The fourth-order valence-electron chi connectivity index (χ4n) is 2.50. The largest absolute Gasteiger partial charge is 0.493 e. The summed E-state index contributed by atoms with van der Waals surface area (Å²) in [6, 6.07) is 6.31. The van der Waals surface area contributed by atoms with Crippen LogP contribution in [0.3, 0.4) is 0 Å². The molecule has 1 aromatic rings. The molecule has 1 aromatic carbocycles. The highest BCUT2D eigenvalue weighted by molar-refractivity contribution is 5.84. The molecule has 1 aliphatic rings. The van der Waals surface area contributed by atoms with Crippen LogP contribution in [0.4, 0.5) is 0 Å². The smallest absolute Gasteiger partial charge is 0.230 e. The molecule has 1 amide bonds. The first-order valence-electron chi connectivity index (χ1n) is 7.49. The van der Waals surface area contributed by atoms with E-state index in [2.05, 4.69) is 6.04 Å². The van der Waals surface area contributed by atoms with E-state index in [4.69, 9.17) is 15.9 Å².